The van der Waals surface area contributed by atoms with E-state index >= 15 is 0 Å². The van der Waals surface area contributed by atoms with E-state index in [-0.39, 0.29) is 6.04 Å². The molecule has 2 aromatic carbocycles. The molecule has 2 unspecified atom stereocenters. The molecule has 3 aliphatic rings. The molecule has 8 rings (SSSR count). The predicted octanol–water partition coefficient (Wildman–Crippen LogP) is 9.78. The molecule has 0 radical (unpaired) electrons. The van der Waals surface area contributed by atoms with Crippen molar-refractivity contribution >= 4 is 19.0 Å². The van der Waals surface area contributed by atoms with Gasteiger partial charge in [-0.05, 0) is 79.1 Å². The zero-order chi connectivity index (χ0) is 33.7. The molecule has 5 heterocycles. The van der Waals surface area contributed by atoms with Crippen molar-refractivity contribution in [3.05, 3.63) is 126 Å². The maximum Gasteiger partial charge on any atom is 0.218 e. The first-order chi connectivity index (χ1) is 23.8. The number of aromatic nitrogens is 3. The molecule has 2 aliphatic heterocycles. The Morgan fingerprint density at radius 2 is 1.55 bits per heavy atom. The van der Waals surface area contributed by atoms with Gasteiger partial charge in [0, 0.05) is 34.6 Å². The molecule has 0 bridgehead atoms. The highest BCUT2D eigenvalue weighted by atomic mass is 28.3. The maximum absolute atomic E-state index is 5.19. The third kappa shape index (κ3) is 6.03. The molecular weight excluding hydrogens is 611 g/mol. The Balaban J connectivity index is 1.31. The second-order valence-electron chi connectivity index (χ2n) is 16.0. The largest absolute Gasteiger partial charge is 0.260 e. The van der Waals surface area contributed by atoms with Gasteiger partial charge in [0.2, 0.25) is 11.4 Å². The van der Waals surface area contributed by atoms with Crippen LogP contribution in [0.15, 0.2) is 104 Å². The molecule has 5 aromatic rings. The van der Waals surface area contributed by atoms with Gasteiger partial charge in [-0.2, -0.15) is 9.13 Å². The summed E-state index contributed by atoms with van der Waals surface area (Å²) in [6.45, 7) is 14.8. The summed E-state index contributed by atoms with van der Waals surface area (Å²) in [6.07, 6.45) is 18.1. The van der Waals surface area contributed by atoms with E-state index in [0.717, 1.165) is 30.9 Å². The van der Waals surface area contributed by atoms with E-state index in [1.54, 1.807) is 10.8 Å². The average molecular weight is 662 g/mol. The van der Waals surface area contributed by atoms with E-state index in [0.29, 0.717) is 5.92 Å². The van der Waals surface area contributed by atoms with Gasteiger partial charge in [0.25, 0.3) is 0 Å². The Hall–Kier alpha value is -4.15. The summed E-state index contributed by atoms with van der Waals surface area (Å²) in [4.78, 5) is 5.19. The molecular formula is C45H51N3Si+2. The summed E-state index contributed by atoms with van der Waals surface area (Å²) in [5.41, 5.74) is 14.4. The molecule has 248 valence electrons. The van der Waals surface area contributed by atoms with Crippen LogP contribution >= 0.6 is 0 Å². The van der Waals surface area contributed by atoms with Gasteiger partial charge in [0.1, 0.15) is 0 Å². The number of aryl methyl sites for hydroxylation is 2. The molecule has 0 spiro atoms. The van der Waals surface area contributed by atoms with Crippen LogP contribution in [-0.4, -0.2) is 13.1 Å². The van der Waals surface area contributed by atoms with Crippen molar-refractivity contribution in [2.24, 2.45) is 5.92 Å². The van der Waals surface area contributed by atoms with Gasteiger partial charge in [-0.15, -0.1) is 0 Å². The summed E-state index contributed by atoms with van der Waals surface area (Å²) in [5, 5.41) is 1.64. The lowest BCUT2D eigenvalue weighted by molar-refractivity contribution is -0.719. The minimum atomic E-state index is -1.65. The zero-order valence-electron chi connectivity index (χ0n) is 29.9. The summed E-state index contributed by atoms with van der Waals surface area (Å²) in [5.74, 6) is 1.10. The van der Waals surface area contributed by atoms with Crippen molar-refractivity contribution in [1.29, 1.82) is 0 Å². The number of benzene rings is 2. The molecule has 0 saturated heterocycles. The minimum absolute atomic E-state index is 0.232. The Kier molecular flexibility index (Phi) is 8.48. The van der Waals surface area contributed by atoms with Crippen LogP contribution in [0.25, 0.3) is 39.3 Å². The first kappa shape index (κ1) is 32.1. The summed E-state index contributed by atoms with van der Waals surface area (Å²) >= 11 is 0. The third-order valence-electron chi connectivity index (χ3n) is 11.7. The number of hydrogen-bond donors (Lipinski definition) is 0. The van der Waals surface area contributed by atoms with E-state index in [9.17, 15) is 0 Å². The summed E-state index contributed by atoms with van der Waals surface area (Å²) < 4.78 is 5.11. The van der Waals surface area contributed by atoms with Gasteiger partial charge in [-0.3, -0.25) is 4.98 Å². The summed E-state index contributed by atoms with van der Waals surface area (Å²) in [7, 11) is -1.65. The van der Waals surface area contributed by atoms with Crippen LogP contribution in [0.5, 0.6) is 0 Å². The molecule has 0 N–H and O–H groups in total. The Morgan fingerprint density at radius 3 is 2.35 bits per heavy atom. The Morgan fingerprint density at radius 1 is 0.796 bits per heavy atom. The van der Waals surface area contributed by atoms with Crippen molar-refractivity contribution < 1.29 is 9.13 Å². The molecule has 1 fully saturated rings. The number of pyridine rings is 3. The van der Waals surface area contributed by atoms with Gasteiger partial charge in [-0.25, -0.2) is 0 Å². The fraction of sp³-hybridized carbons (Fsp3) is 0.356. The van der Waals surface area contributed by atoms with Gasteiger partial charge in [-0.1, -0.05) is 100 Å². The summed E-state index contributed by atoms with van der Waals surface area (Å²) in [6, 6.07) is 29.6. The SMILES string of the molecule is C=C1CC2C(CCc3ccccc3-c3cc(C)c(-c4ccccc4)c[n+]31)c1ncccc1-c1cc(CC3CCCCC3)c([Si](C)(C)C)c[n+]12. The van der Waals surface area contributed by atoms with Crippen LogP contribution in [0, 0.1) is 12.8 Å². The topological polar surface area (TPSA) is 20.6 Å². The van der Waals surface area contributed by atoms with E-state index in [4.69, 9.17) is 11.6 Å². The number of hydrogen-bond acceptors (Lipinski definition) is 1. The second kappa shape index (κ2) is 12.9. The van der Waals surface area contributed by atoms with Crippen molar-refractivity contribution in [3.63, 3.8) is 0 Å². The van der Waals surface area contributed by atoms with Crippen molar-refractivity contribution in [3.8, 4) is 33.6 Å². The minimum Gasteiger partial charge on any atom is -0.260 e. The lowest BCUT2D eigenvalue weighted by atomic mass is 9.79. The van der Waals surface area contributed by atoms with Gasteiger partial charge >= 0.3 is 0 Å². The molecule has 4 heteroatoms. The number of rotatable bonds is 4. The quantitative estimate of drug-likeness (QED) is 0.139. The first-order valence-corrected chi connectivity index (χ1v) is 22.2. The van der Waals surface area contributed by atoms with Gasteiger partial charge in [0.05, 0.1) is 31.7 Å². The van der Waals surface area contributed by atoms with Crippen LogP contribution in [0.1, 0.15) is 79.3 Å². The number of fused-ring (bicyclic) bond motifs is 9. The number of nitrogens with zero attached hydrogens (tertiary/aromatic N) is 3. The second-order valence-corrected chi connectivity index (χ2v) is 21.1. The van der Waals surface area contributed by atoms with Crippen LogP contribution in [0.2, 0.25) is 19.6 Å². The smallest absolute Gasteiger partial charge is 0.218 e. The van der Waals surface area contributed by atoms with E-state index < -0.39 is 8.07 Å². The van der Waals surface area contributed by atoms with Gasteiger partial charge < -0.3 is 0 Å². The highest BCUT2D eigenvalue weighted by Gasteiger charge is 2.45. The van der Waals surface area contributed by atoms with Crippen LogP contribution in [0.4, 0.5) is 0 Å². The molecule has 2 atom stereocenters. The molecule has 1 aliphatic carbocycles. The fourth-order valence-electron chi connectivity index (χ4n) is 9.20. The third-order valence-corrected chi connectivity index (χ3v) is 13.8. The highest BCUT2D eigenvalue weighted by molar-refractivity contribution is 6.89. The fourth-order valence-corrected chi connectivity index (χ4v) is 10.9. The van der Waals surface area contributed by atoms with E-state index in [2.05, 4.69) is 127 Å². The van der Waals surface area contributed by atoms with Crippen molar-refractivity contribution in [2.75, 3.05) is 0 Å². The highest BCUT2D eigenvalue weighted by Crippen LogP contribution is 2.44. The van der Waals surface area contributed by atoms with E-state index in [1.807, 2.05) is 6.20 Å². The standard InChI is InChI=1S/C45H51N3Si/c1-31-25-41-37-20-13-12-19-35(37)22-23-39-42(26-32(2)47(41)29-40(31)34-17-10-7-11-18-34)48-30-44(49(3,4)5)36(27-33-15-8-6-9-16-33)28-43(48)38-21-14-24-46-45(38)39/h7,10-14,17-21,24-25,28-30,33,39,42H,2,6,8-9,15-16,22-23,26-27H2,1,3-5H3/q+2. The molecule has 49 heavy (non-hydrogen) atoms. The molecule has 3 nitrogen and oxygen atoms in total. The van der Waals surface area contributed by atoms with Crippen LogP contribution < -0.4 is 14.3 Å². The zero-order valence-corrected chi connectivity index (χ0v) is 30.9. The Labute approximate surface area is 294 Å². The predicted molar refractivity (Wildman–Crippen MR) is 205 cm³/mol. The lowest BCUT2D eigenvalue weighted by Crippen LogP contribution is -2.55. The maximum atomic E-state index is 5.19. The van der Waals surface area contributed by atoms with Crippen molar-refractivity contribution in [1.82, 2.24) is 4.98 Å². The van der Waals surface area contributed by atoms with Crippen molar-refractivity contribution in [2.45, 2.75) is 96.3 Å². The van der Waals surface area contributed by atoms with Crippen LogP contribution in [-0.2, 0) is 12.8 Å². The first-order valence-electron chi connectivity index (χ1n) is 18.7. The molecule has 3 aromatic heterocycles. The molecule has 1 saturated carbocycles. The Bertz CT molecular complexity index is 2030. The average Bonchev–Trinajstić information content (AvgIpc) is 3.11. The molecule has 0 amide bonds. The van der Waals surface area contributed by atoms with Gasteiger partial charge in [0.15, 0.2) is 24.1 Å². The number of allylic oxidation sites excluding steroid dienone is 1. The lowest BCUT2D eigenvalue weighted by Gasteiger charge is -2.32. The van der Waals surface area contributed by atoms with Crippen LogP contribution in [0.3, 0.4) is 0 Å². The normalized spacial score (nSPS) is 19.2. The monoisotopic (exact) mass is 661 g/mol. The van der Waals surface area contributed by atoms with E-state index in [1.165, 1.54) is 89.0 Å².